The normalized spacial score (nSPS) is 16.3. The van der Waals surface area contributed by atoms with Crippen LogP contribution in [0.25, 0.3) is 5.69 Å². The number of nitrogens with one attached hydrogen (secondary N) is 1. The number of hydrogen-bond donors (Lipinski definition) is 1. The molecule has 2 amide bonds. The van der Waals surface area contributed by atoms with Gasteiger partial charge in [-0.15, -0.1) is 5.10 Å². The topological polar surface area (TPSA) is 93.0 Å². The summed E-state index contributed by atoms with van der Waals surface area (Å²) in [6.45, 7) is 0.254. The van der Waals surface area contributed by atoms with Gasteiger partial charge in [0.25, 0.3) is 0 Å². The average molecular weight is 398 g/mol. The summed E-state index contributed by atoms with van der Waals surface area (Å²) in [6, 6.07) is 12.4. The minimum absolute atomic E-state index is 0.0269. The van der Waals surface area contributed by atoms with Crippen LogP contribution in [-0.4, -0.2) is 38.6 Å². The van der Waals surface area contributed by atoms with Crippen molar-refractivity contribution in [2.24, 2.45) is 5.92 Å². The van der Waals surface area contributed by atoms with Gasteiger partial charge in [-0.25, -0.2) is 8.78 Å². The second kappa shape index (κ2) is 7.74. The Labute approximate surface area is 164 Å². The molecule has 2 aromatic carbocycles. The maximum Gasteiger partial charge on any atom is 0.227 e. The second-order valence-corrected chi connectivity index (χ2v) is 6.56. The number of carbonyl (C=O) groups excluding carboxylic acids is 2. The molecule has 3 aromatic rings. The molecule has 0 saturated carbocycles. The van der Waals surface area contributed by atoms with Crippen molar-refractivity contribution in [1.29, 1.82) is 0 Å². The van der Waals surface area contributed by atoms with Gasteiger partial charge < -0.3 is 10.2 Å². The molecule has 10 heteroatoms. The number of nitrogens with zero attached hydrogens (tertiary/aromatic N) is 5. The quantitative estimate of drug-likeness (QED) is 0.705. The Hall–Kier alpha value is -3.69. The number of rotatable bonds is 5. The van der Waals surface area contributed by atoms with Gasteiger partial charge in [0.2, 0.25) is 11.8 Å². The van der Waals surface area contributed by atoms with Crippen LogP contribution in [0.15, 0.2) is 48.5 Å². The number of tetrazole rings is 1. The van der Waals surface area contributed by atoms with Gasteiger partial charge in [-0.2, -0.15) is 4.68 Å². The van der Waals surface area contributed by atoms with E-state index in [0.717, 1.165) is 17.8 Å². The van der Waals surface area contributed by atoms with Crippen LogP contribution < -0.4 is 10.2 Å². The fourth-order valence-corrected chi connectivity index (χ4v) is 3.18. The fourth-order valence-electron chi connectivity index (χ4n) is 3.18. The third-order valence-corrected chi connectivity index (χ3v) is 4.67. The van der Waals surface area contributed by atoms with E-state index in [1.165, 1.54) is 10.7 Å². The van der Waals surface area contributed by atoms with Crippen LogP contribution >= 0.6 is 0 Å². The van der Waals surface area contributed by atoms with Gasteiger partial charge in [0.05, 0.1) is 18.2 Å². The maximum atomic E-state index is 13.5. The van der Waals surface area contributed by atoms with Gasteiger partial charge in [0.15, 0.2) is 17.5 Å². The summed E-state index contributed by atoms with van der Waals surface area (Å²) in [5, 5.41) is 13.8. The van der Waals surface area contributed by atoms with Crippen molar-refractivity contribution < 1.29 is 18.4 Å². The van der Waals surface area contributed by atoms with Gasteiger partial charge in [-0.05, 0) is 34.7 Å². The molecule has 0 spiro atoms. The molecule has 1 saturated heterocycles. The highest BCUT2D eigenvalue weighted by Gasteiger charge is 2.35. The Bertz CT molecular complexity index is 1060. The van der Waals surface area contributed by atoms with Gasteiger partial charge in [0.1, 0.15) is 0 Å². The lowest BCUT2D eigenvalue weighted by Crippen LogP contribution is -2.33. The summed E-state index contributed by atoms with van der Waals surface area (Å²) in [6.07, 6.45) is 0.106. The monoisotopic (exact) mass is 398 g/mol. The first-order valence-electron chi connectivity index (χ1n) is 8.89. The van der Waals surface area contributed by atoms with Crippen LogP contribution in [-0.2, 0) is 16.1 Å². The Morgan fingerprint density at radius 2 is 1.90 bits per heavy atom. The Balaban J connectivity index is 1.41. The summed E-state index contributed by atoms with van der Waals surface area (Å²) < 4.78 is 27.8. The lowest BCUT2D eigenvalue weighted by atomic mass is 10.1. The molecule has 0 radical (unpaired) electrons. The van der Waals surface area contributed by atoms with Crippen molar-refractivity contribution in [2.75, 3.05) is 11.4 Å². The van der Waals surface area contributed by atoms with Crippen LogP contribution in [0.4, 0.5) is 14.5 Å². The molecule has 148 valence electrons. The first-order chi connectivity index (χ1) is 14.0. The first-order valence-corrected chi connectivity index (χ1v) is 8.89. The Morgan fingerprint density at radius 1 is 1.10 bits per heavy atom. The van der Waals surface area contributed by atoms with Crippen molar-refractivity contribution in [3.63, 3.8) is 0 Å². The van der Waals surface area contributed by atoms with E-state index < -0.39 is 17.6 Å². The average Bonchev–Trinajstić information content (AvgIpc) is 3.35. The molecule has 0 unspecified atom stereocenters. The highest BCUT2D eigenvalue weighted by molar-refractivity contribution is 6.00. The number of amides is 2. The zero-order valence-electron chi connectivity index (χ0n) is 15.1. The van der Waals surface area contributed by atoms with E-state index in [9.17, 15) is 18.4 Å². The molecule has 1 aliphatic heterocycles. The highest BCUT2D eigenvalue weighted by Crippen LogP contribution is 2.25. The number of carbonyl (C=O) groups is 2. The van der Waals surface area contributed by atoms with Gasteiger partial charge in [-0.1, -0.05) is 18.2 Å². The van der Waals surface area contributed by atoms with Crippen LogP contribution in [0.2, 0.25) is 0 Å². The third kappa shape index (κ3) is 3.82. The second-order valence-electron chi connectivity index (χ2n) is 6.56. The van der Waals surface area contributed by atoms with Gasteiger partial charge in [0, 0.05) is 24.7 Å². The summed E-state index contributed by atoms with van der Waals surface area (Å²) >= 11 is 0. The largest absolute Gasteiger partial charge is 0.348 e. The van der Waals surface area contributed by atoms with Gasteiger partial charge >= 0.3 is 0 Å². The summed E-state index contributed by atoms with van der Waals surface area (Å²) in [7, 11) is 0. The first kappa shape index (κ1) is 18.7. The number of halogens is 2. The van der Waals surface area contributed by atoms with E-state index in [1.807, 2.05) is 30.3 Å². The smallest absolute Gasteiger partial charge is 0.227 e. The number of para-hydroxylation sites is 1. The summed E-state index contributed by atoms with van der Waals surface area (Å²) in [5.41, 5.74) is 0.972. The van der Waals surface area contributed by atoms with E-state index in [2.05, 4.69) is 20.8 Å². The summed E-state index contributed by atoms with van der Waals surface area (Å²) in [4.78, 5) is 26.4. The molecule has 29 heavy (non-hydrogen) atoms. The van der Waals surface area contributed by atoms with Gasteiger partial charge in [-0.3, -0.25) is 9.59 Å². The lowest BCUT2D eigenvalue weighted by Gasteiger charge is -2.16. The minimum Gasteiger partial charge on any atom is -0.348 e. The van der Waals surface area contributed by atoms with Crippen molar-refractivity contribution in [3.05, 3.63) is 66.0 Å². The predicted octanol–water partition coefficient (Wildman–Crippen LogP) is 1.61. The van der Waals surface area contributed by atoms with Crippen LogP contribution in [0, 0.1) is 17.6 Å². The zero-order chi connectivity index (χ0) is 20.4. The molecule has 8 nitrogen and oxygen atoms in total. The van der Waals surface area contributed by atoms with E-state index in [4.69, 9.17) is 0 Å². The Kier molecular flexibility index (Phi) is 4.98. The molecule has 1 aromatic heterocycles. The van der Waals surface area contributed by atoms with Crippen LogP contribution in [0.5, 0.6) is 0 Å². The summed E-state index contributed by atoms with van der Waals surface area (Å²) in [5.74, 6) is -2.70. The molecular weight excluding hydrogens is 382 g/mol. The molecule has 1 aliphatic rings. The van der Waals surface area contributed by atoms with E-state index >= 15 is 0 Å². The minimum atomic E-state index is -1.03. The van der Waals surface area contributed by atoms with Crippen molar-refractivity contribution in [1.82, 2.24) is 25.5 Å². The maximum absolute atomic E-state index is 13.5. The van der Waals surface area contributed by atoms with Crippen molar-refractivity contribution >= 4 is 17.5 Å². The molecular formula is C19H16F2N6O2. The van der Waals surface area contributed by atoms with Crippen LogP contribution in [0.1, 0.15) is 12.2 Å². The third-order valence-electron chi connectivity index (χ3n) is 4.67. The van der Waals surface area contributed by atoms with E-state index in [1.54, 1.807) is 4.90 Å². The molecule has 0 bridgehead atoms. The fraction of sp³-hybridized carbons (Fsp3) is 0.211. The molecule has 1 atom stereocenters. The molecule has 2 heterocycles. The molecule has 1 fully saturated rings. The standard InChI is InChI=1S/C19H16F2N6O2/c20-15-7-6-14(9-16(15)21)27-17(23-24-25-27)10-22-19(29)12-8-18(28)26(11-12)13-4-2-1-3-5-13/h1-7,9,12H,8,10-11H2,(H,22,29)/t12-/m1/s1. The number of hydrogen-bond acceptors (Lipinski definition) is 5. The zero-order valence-corrected chi connectivity index (χ0v) is 15.1. The van der Waals surface area contributed by atoms with Crippen LogP contribution in [0.3, 0.4) is 0 Å². The van der Waals surface area contributed by atoms with E-state index in [0.29, 0.717) is 0 Å². The molecule has 0 aliphatic carbocycles. The number of aromatic nitrogens is 4. The molecule has 4 rings (SSSR count). The van der Waals surface area contributed by atoms with Crippen molar-refractivity contribution in [2.45, 2.75) is 13.0 Å². The highest BCUT2D eigenvalue weighted by atomic mass is 19.2. The number of benzene rings is 2. The lowest BCUT2D eigenvalue weighted by molar-refractivity contribution is -0.126. The SMILES string of the molecule is O=C(NCc1nnnn1-c1ccc(F)c(F)c1)[C@@H]1CC(=O)N(c2ccccc2)C1. The predicted molar refractivity (Wildman–Crippen MR) is 97.8 cm³/mol. The Morgan fingerprint density at radius 3 is 2.66 bits per heavy atom. The molecule has 1 N–H and O–H groups in total. The van der Waals surface area contributed by atoms with Crippen molar-refractivity contribution in [3.8, 4) is 5.69 Å². The van der Waals surface area contributed by atoms with E-state index in [-0.39, 0.29) is 42.8 Å². The number of anilines is 1.